The van der Waals surface area contributed by atoms with Crippen molar-refractivity contribution in [1.82, 2.24) is 19.7 Å². The quantitative estimate of drug-likeness (QED) is 0.136. The number of phenols is 1. The molecule has 268 valence electrons. The van der Waals surface area contributed by atoms with Gasteiger partial charge in [-0.1, -0.05) is 30.3 Å². The lowest BCUT2D eigenvalue weighted by molar-refractivity contribution is -0.143. The van der Waals surface area contributed by atoms with Crippen LogP contribution in [0.3, 0.4) is 0 Å². The van der Waals surface area contributed by atoms with E-state index < -0.39 is 31.4 Å². The average Bonchev–Trinajstić information content (AvgIpc) is 3.46. The normalized spacial score (nSPS) is 15.8. The Kier molecular flexibility index (Phi) is 11.1. The molecule has 2 aliphatic rings. The Balaban J connectivity index is 1.10. The SMILES string of the molecule is CCOC(=O)CCOP(=O)(CCN1CCN(C(=O)Oc2c3c(c(O)c4ncccc24)C(=O)N(Cc2ccc(F)cc2)C3)CC1)Oc1ccccc1. The highest BCUT2D eigenvalue weighted by molar-refractivity contribution is 7.54. The van der Waals surface area contributed by atoms with Gasteiger partial charge in [-0.15, -0.1) is 0 Å². The van der Waals surface area contributed by atoms with Crippen LogP contribution in [0.4, 0.5) is 9.18 Å². The van der Waals surface area contributed by atoms with Gasteiger partial charge in [0.05, 0.1) is 37.9 Å². The Morgan fingerprint density at radius 3 is 2.47 bits per heavy atom. The van der Waals surface area contributed by atoms with Crippen LogP contribution in [-0.4, -0.2) is 94.9 Å². The molecule has 4 aromatic rings. The minimum atomic E-state index is -3.66. The molecule has 1 saturated heterocycles. The van der Waals surface area contributed by atoms with Crippen LogP contribution in [0.25, 0.3) is 10.9 Å². The molecule has 1 N–H and O–H groups in total. The van der Waals surface area contributed by atoms with Gasteiger partial charge in [-0.3, -0.25) is 24.0 Å². The molecule has 51 heavy (non-hydrogen) atoms. The highest BCUT2D eigenvalue weighted by Crippen LogP contribution is 2.48. The largest absolute Gasteiger partial charge is 0.505 e. The molecule has 1 unspecified atom stereocenters. The molecular weight excluding hydrogens is 682 g/mol. The summed E-state index contributed by atoms with van der Waals surface area (Å²) in [7, 11) is -3.66. The lowest BCUT2D eigenvalue weighted by Crippen LogP contribution is -2.50. The highest BCUT2D eigenvalue weighted by Gasteiger charge is 2.37. The molecule has 1 aromatic heterocycles. The number of fused-ring (bicyclic) bond motifs is 2. The smallest absolute Gasteiger partial charge is 0.415 e. The van der Waals surface area contributed by atoms with Gasteiger partial charge in [0.2, 0.25) is 0 Å². The fourth-order valence-corrected chi connectivity index (χ4v) is 7.63. The predicted molar refractivity (Wildman–Crippen MR) is 184 cm³/mol. The molecule has 3 heterocycles. The number of phenolic OH excluding ortho intramolecular Hbond substituents is 1. The van der Waals surface area contributed by atoms with Crippen molar-refractivity contribution in [2.45, 2.75) is 26.4 Å². The van der Waals surface area contributed by atoms with Gasteiger partial charge in [-0.2, -0.15) is 0 Å². The molecule has 2 aliphatic heterocycles. The zero-order valence-electron chi connectivity index (χ0n) is 28.0. The molecule has 1 fully saturated rings. The predicted octanol–water partition coefficient (Wildman–Crippen LogP) is 5.59. The second-order valence-electron chi connectivity index (χ2n) is 12.0. The van der Waals surface area contributed by atoms with Crippen molar-refractivity contribution in [3.8, 4) is 17.2 Å². The van der Waals surface area contributed by atoms with Crippen molar-refractivity contribution in [2.24, 2.45) is 0 Å². The van der Waals surface area contributed by atoms with E-state index in [1.807, 2.05) is 11.0 Å². The molecular formula is C36H38FN4O9P. The summed E-state index contributed by atoms with van der Waals surface area (Å²) in [6.07, 6.45) is 0.838. The molecule has 2 amide bonds. The van der Waals surface area contributed by atoms with E-state index in [0.29, 0.717) is 55.0 Å². The summed E-state index contributed by atoms with van der Waals surface area (Å²) in [5.74, 6) is -1.07. The standard InChI is InChI=1S/C36H38FN4O9P/c1-2-47-30(42)14-21-48-51(46,50-27-7-4-3-5-8-27)22-20-39-16-18-40(19-17-39)36(45)49-34-28-9-6-15-38-32(28)33(43)31-29(34)24-41(35(31)44)23-25-10-12-26(37)13-11-25/h3-13,15,43H,2,14,16-24H2,1H3. The van der Waals surface area contributed by atoms with Gasteiger partial charge in [0.15, 0.2) is 5.75 Å². The van der Waals surface area contributed by atoms with E-state index in [0.717, 1.165) is 0 Å². The summed E-state index contributed by atoms with van der Waals surface area (Å²) in [6.45, 7) is 3.89. The number of carbonyl (C=O) groups is 3. The van der Waals surface area contributed by atoms with Gasteiger partial charge in [0.1, 0.15) is 22.8 Å². The minimum Gasteiger partial charge on any atom is -0.505 e. The van der Waals surface area contributed by atoms with E-state index in [1.54, 1.807) is 60.4 Å². The first kappa shape index (κ1) is 35.8. The van der Waals surface area contributed by atoms with Crippen LogP contribution in [-0.2, 0) is 31.7 Å². The third-order valence-corrected chi connectivity index (χ3v) is 10.4. The molecule has 0 spiro atoms. The summed E-state index contributed by atoms with van der Waals surface area (Å²) >= 11 is 0. The van der Waals surface area contributed by atoms with Crippen LogP contribution in [0.1, 0.15) is 34.8 Å². The number of pyridine rings is 1. The number of piperazine rings is 1. The molecule has 6 rings (SSSR count). The number of carbonyl (C=O) groups excluding carboxylic acids is 3. The van der Waals surface area contributed by atoms with E-state index in [2.05, 4.69) is 4.98 Å². The Hall–Kier alpha value is -5.04. The molecule has 1 atom stereocenters. The van der Waals surface area contributed by atoms with E-state index in [9.17, 15) is 28.4 Å². The Bertz CT molecular complexity index is 1940. The molecule has 0 bridgehead atoms. The lowest BCUT2D eigenvalue weighted by Gasteiger charge is -2.34. The number of aromatic hydroxyl groups is 1. The number of benzene rings is 3. The average molecular weight is 721 g/mol. The van der Waals surface area contributed by atoms with Gasteiger partial charge in [-0.25, -0.2) is 13.8 Å². The van der Waals surface area contributed by atoms with Gasteiger partial charge < -0.3 is 28.9 Å². The van der Waals surface area contributed by atoms with Crippen molar-refractivity contribution >= 4 is 36.5 Å². The maximum Gasteiger partial charge on any atom is 0.415 e. The van der Waals surface area contributed by atoms with Crippen molar-refractivity contribution in [3.63, 3.8) is 0 Å². The third kappa shape index (κ3) is 8.47. The van der Waals surface area contributed by atoms with Crippen LogP contribution in [0.2, 0.25) is 0 Å². The minimum absolute atomic E-state index is 0.0163. The Morgan fingerprint density at radius 1 is 1.00 bits per heavy atom. The second-order valence-corrected chi connectivity index (χ2v) is 14.2. The number of rotatable bonds is 13. The van der Waals surface area contributed by atoms with E-state index in [-0.39, 0.29) is 61.5 Å². The molecule has 0 saturated carbocycles. The first-order chi connectivity index (χ1) is 24.6. The third-order valence-electron chi connectivity index (χ3n) is 8.62. The number of amides is 2. The highest BCUT2D eigenvalue weighted by atomic mass is 31.2. The number of nitrogens with zero attached hydrogens (tertiary/aromatic N) is 4. The monoisotopic (exact) mass is 720 g/mol. The first-order valence-corrected chi connectivity index (χ1v) is 18.4. The maximum atomic E-state index is 13.8. The fourth-order valence-electron chi connectivity index (χ4n) is 6.02. The molecule has 13 nitrogen and oxygen atoms in total. The van der Waals surface area contributed by atoms with Gasteiger partial charge in [0.25, 0.3) is 5.91 Å². The first-order valence-electron chi connectivity index (χ1n) is 16.6. The van der Waals surface area contributed by atoms with Crippen LogP contribution >= 0.6 is 7.60 Å². The molecule has 3 aromatic carbocycles. The van der Waals surface area contributed by atoms with Gasteiger partial charge in [0, 0.05) is 56.4 Å². The van der Waals surface area contributed by atoms with Crippen molar-refractivity contribution in [2.75, 3.05) is 52.1 Å². The molecule has 15 heteroatoms. The number of halogens is 1. The van der Waals surface area contributed by atoms with E-state index >= 15 is 0 Å². The number of hydrogen-bond acceptors (Lipinski definition) is 11. The number of ether oxygens (including phenoxy) is 2. The van der Waals surface area contributed by atoms with E-state index in [1.165, 1.54) is 23.2 Å². The summed E-state index contributed by atoms with van der Waals surface area (Å²) in [5.41, 5.74) is 1.21. The molecule has 0 radical (unpaired) electrons. The Morgan fingerprint density at radius 2 is 1.75 bits per heavy atom. The summed E-state index contributed by atoms with van der Waals surface area (Å²) in [5, 5.41) is 11.5. The number of hydrogen-bond donors (Lipinski definition) is 1. The zero-order chi connectivity index (χ0) is 36.0. The fraction of sp³-hybridized carbons (Fsp3) is 0.333. The van der Waals surface area contributed by atoms with E-state index in [4.69, 9.17) is 18.5 Å². The second kappa shape index (κ2) is 15.9. The van der Waals surface area contributed by atoms with Crippen LogP contribution in [0.5, 0.6) is 17.2 Å². The van der Waals surface area contributed by atoms with Gasteiger partial charge in [-0.05, 0) is 48.9 Å². The number of aromatic nitrogens is 1. The van der Waals surface area contributed by atoms with Crippen molar-refractivity contribution < 1.29 is 47.0 Å². The summed E-state index contributed by atoms with van der Waals surface area (Å²) in [4.78, 5) is 48.2. The number of para-hydroxylation sites is 1. The van der Waals surface area contributed by atoms with Crippen LogP contribution in [0.15, 0.2) is 72.9 Å². The molecule has 0 aliphatic carbocycles. The lowest BCUT2D eigenvalue weighted by atomic mass is 10.0. The zero-order valence-corrected chi connectivity index (χ0v) is 28.9. The van der Waals surface area contributed by atoms with Crippen LogP contribution < -0.4 is 9.26 Å². The summed E-state index contributed by atoms with van der Waals surface area (Å²) in [6, 6.07) is 17.8. The van der Waals surface area contributed by atoms with Crippen molar-refractivity contribution in [1.29, 1.82) is 0 Å². The number of esters is 1. The van der Waals surface area contributed by atoms with Crippen molar-refractivity contribution in [3.05, 3.63) is 95.4 Å². The summed E-state index contributed by atoms with van der Waals surface area (Å²) < 4.78 is 49.6. The Labute approximate surface area is 294 Å². The topological polar surface area (TPSA) is 148 Å². The maximum absolute atomic E-state index is 13.8. The van der Waals surface area contributed by atoms with Gasteiger partial charge >= 0.3 is 19.7 Å². The van der Waals surface area contributed by atoms with Crippen LogP contribution in [0, 0.1) is 5.82 Å².